The lowest BCUT2D eigenvalue weighted by Crippen LogP contribution is -2.49. The fourth-order valence-corrected chi connectivity index (χ4v) is 3.06. The summed E-state index contributed by atoms with van der Waals surface area (Å²) in [7, 11) is 1.48. The summed E-state index contributed by atoms with van der Waals surface area (Å²) in [5, 5.41) is 5.55. The van der Waals surface area contributed by atoms with Crippen LogP contribution in [0.1, 0.15) is 47.5 Å². The van der Waals surface area contributed by atoms with Gasteiger partial charge in [0.05, 0.1) is 12.6 Å². The Hall–Kier alpha value is -2.32. The second-order valence-corrected chi connectivity index (χ2v) is 8.67. The molecule has 2 unspecified atom stereocenters. The molecule has 9 heteroatoms. The predicted molar refractivity (Wildman–Crippen MR) is 102 cm³/mol. The lowest BCUT2D eigenvalue weighted by molar-refractivity contribution is -0.144. The second kappa shape index (κ2) is 9.05. The van der Waals surface area contributed by atoms with Gasteiger partial charge in [-0.3, -0.25) is 14.4 Å². The molecule has 1 rings (SSSR count). The van der Waals surface area contributed by atoms with Crippen molar-refractivity contribution in [3.63, 3.8) is 0 Å². The van der Waals surface area contributed by atoms with Gasteiger partial charge >= 0.3 is 6.03 Å². The van der Waals surface area contributed by atoms with Gasteiger partial charge in [0.2, 0.25) is 17.7 Å². The lowest BCUT2D eigenvalue weighted by atomic mass is 9.91. The fraction of sp³-hybridized carbons (Fsp3) is 0.778. The van der Waals surface area contributed by atoms with Crippen LogP contribution in [0.4, 0.5) is 4.79 Å². The van der Waals surface area contributed by atoms with Gasteiger partial charge in [0.25, 0.3) is 0 Å². The SMILES string of the molecule is CC(C)NC(=O)NC1CC(C(=O)N(C)CC(N)=O)N(C(=O)CC(C)(C)C)C1. The minimum absolute atomic E-state index is 0.0239. The van der Waals surface area contributed by atoms with E-state index in [4.69, 9.17) is 5.73 Å². The van der Waals surface area contributed by atoms with E-state index in [0.717, 1.165) is 0 Å². The van der Waals surface area contributed by atoms with E-state index in [1.807, 2.05) is 34.6 Å². The van der Waals surface area contributed by atoms with Crippen LogP contribution < -0.4 is 16.4 Å². The largest absolute Gasteiger partial charge is 0.368 e. The Morgan fingerprint density at radius 3 is 2.30 bits per heavy atom. The van der Waals surface area contributed by atoms with Gasteiger partial charge in [-0.15, -0.1) is 0 Å². The van der Waals surface area contributed by atoms with Gasteiger partial charge in [0, 0.05) is 26.1 Å². The maximum absolute atomic E-state index is 12.8. The van der Waals surface area contributed by atoms with Crippen LogP contribution in [0.15, 0.2) is 0 Å². The Kier molecular flexibility index (Phi) is 7.62. The first kappa shape index (κ1) is 22.7. The average molecular weight is 383 g/mol. The van der Waals surface area contributed by atoms with E-state index in [1.54, 1.807) is 0 Å². The van der Waals surface area contributed by atoms with E-state index in [-0.39, 0.29) is 54.9 Å². The molecule has 0 saturated carbocycles. The van der Waals surface area contributed by atoms with Crippen molar-refractivity contribution in [3.8, 4) is 0 Å². The monoisotopic (exact) mass is 383 g/mol. The molecule has 1 saturated heterocycles. The van der Waals surface area contributed by atoms with E-state index in [0.29, 0.717) is 6.42 Å². The summed E-state index contributed by atoms with van der Waals surface area (Å²) in [5.74, 6) is -1.13. The quantitative estimate of drug-likeness (QED) is 0.599. The normalized spacial score (nSPS) is 19.7. The summed E-state index contributed by atoms with van der Waals surface area (Å²) in [6, 6.07) is -1.43. The third-order valence-corrected chi connectivity index (χ3v) is 4.11. The molecule has 0 aromatic rings. The van der Waals surface area contributed by atoms with Crippen molar-refractivity contribution in [2.45, 2.75) is 65.6 Å². The van der Waals surface area contributed by atoms with E-state index in [2.05, 4.69) is 10.6 Å². The number of nitrogens with zero attached hydrogens (tertiary/aromatic N) is 2. The third-order valence-electron chi connectivity index (χ3n) is 4.11. The molecular weight excluding hydrogens is 350 g/mol. The number of hydrogen-bond donors (Lipinski definition) is 3. The van der Waals surface area contributed by atoms with Crippen molar-refractivity contribution in [1.29, 1.82) is 0 Å². The number of rotatable bonds is 6. The van der Waals surface area contributed by atoms with Gasteiger partial charge in [-0.2, -0.15) is 0 Å². The number of nitrogens with two attached hydrogens (primary N) is 1. The molecule has 0 spiro atoms. The highest BCUT2D eigenvalue weighted by Gasteiger charge is 2.42. The number of likely N-dealkylation sites (tertiary alicyclic amines) is 1. The molecule has 9 nitrogen and oxygen atoms in total. The first-order valence-corrected chi connectivity index (χ1v) is 9.20. The zero-order valence-electron chi connectivity index (χ0n) is 17.2. The minimum atomic E-state index is -0.728. The van der Waals surface area contributed by atoms with Gasteiger partial charge < -0.3 is 26.2 Å². The molecule has 2 atom stereocenters. The van der Waals surface area contributed by atoms with Gasteiger partial charge in [-0.25, -0.2) is 4.79 Å². The maximum atomic E-state index is 12.8. The molecule has 1 aliphatic heterocycles. The molecule has 27 heavy (non-hydrogen) atoms. The van der Waals surface area contributed by atoms with Crippen LogP contribution in [0.25, 0.3) is 0 Å². The highest BCUT2D eigenvalue weighted by molar-refractivity contribution is 5.91. The zero-order valence-corrected chi connectivity index (χ0v) is 17.2. The molecule has 1 heterocycles. The molecule has 0 aliphatic carbocycles. The summed E-state index contributed by atoms with van der Waals surface area (Å²) >= 11 is 0. The van der Waals surface area contributed by atoms with Gasteiger partial charge in [-0.05, 0) is 25.7 Å². The van der Waals surface area contributed by atoms with Crippen molar-refractivity contribution in [2.24, 2.45) is 11.1 Å². The van der Waals surface area contributed by atoms with E-state index in [1.165, 1.54) is 16.8 Å². The first-order valence-electron chi connectivity index (χ1n) is 9.20. The molecule has 5 amide bonds. The Morgan fingerprint density at radius 2 is 1.81 bits per heavy atom. The predicted octanol–water partition coefficient (Wildman–Crippen LogP) is 0.0434. The highest BCUT2D eigenvalue weighted by atomic mass is 16.2. The van der Waals surface area contributed by atoms with Crippen molar-refractivity contribution >= 4 is 23.8 Å². The first-order chi connectivity index (χ1) is 12.3. The number of carbonyl (C=O) groups is 4. The third kappa shape index (κ3) is 7.44. The Bertz CT molecular complexity index is 585. The van der Waals surface area contributed by atoms with Crippen molar-refractivity contribution in [1.82, 2.24) is 20.4 Å². The summed E-state index contributed by atoms with van der Waals surface area (Å²) in [6.45, 7) is 9.56. The van der Waals surface area contributed by atoms with Crippen LogP contribution >= 0.6 is 0 Å². The van der Waals surface area contributed by atoms with Crippen LogP contribution in [0.3, 0.4) is 0 Å². The van der Waals surface area contributed by atoms with E-state index >= 15 is 0 Å². The van der Waals surface area contributed by atoms with Crippen LogP contribution in [0, 0.1) is 5.41 Å². The van der Waals surface area contributed by atoms with Crippen molar-refractivity contribution in [3.05, 3.63) is 0 Å². The molecule has 1 fully saturated rings. The topological polar surface area (TPSA) is 125 Å². The highest BCUT2D eigenvalue weighted by Crippen LogP contribution is 2.26. The van der Waals surface area contributed by atoms with Crippen LogP contribution in [0.2, 0.25) is 0 Å². The summed E-state index contributed by atoms with van der Waals surface area (Å²) in [6.07, 6.45) is 0.574. The van der Waals surface area contributed by atoms with Crippen molar-refractivity contribution < 1.29 is 19.2 Å². The number of carbonyl (C=O) groups excluding carboxylic acids is 4. The Morgan fingerprint density at radius 1 is 1.22 bits per heavy atom. The van der Waals surface area contributed by atoms with Crippen molar-refractivity contribution in [2.75, 3.05) is 20.1 Å². The number of amides is 5. The molecule has 154 valence electrons. The summed E-state index contributed by atoms with van der Waals surface area (Å²) in [4.78, 5) is 51.4. The lowest BCUT2D eigenvalue weighted by Gasteiger charge is -2.29. The molecule has 4 N–H and O–H groups in total. The van der Waals surface area contributed by atoms with Crippen LogP contribution in [-0.4, -0.2) is 71.8 Å². The second-order valence-electron chi connectivity index (χ2n) is 8.67. The molecular formula is C18H33N5O4. The minimum Gasteiger partial charge on any atom is -0.368 e. The number of likely N-dealkylation sites (N-methyl/N-ethyl adjacent to an activating group) is 1. The van der Waals surface area contributed by atoms with E-state index < -0.39 is 11.9 Å². The smallest absolute Gasteiger partial charge is 0.315 e. The number of urea groups is 1. The average Bonchev–Trinajstić information content (AvgIpc) is 2.86. The van der Waals surface area contributed by atoms with Gasteiger partial charge in [0.1, 0.15) is 6.04 Å². The molecule has 0 bridgehead atoms. The standard InChI is InChI=1S/C18H33N5O4/c1-11(2)20-17(27)21-12-7-13(16(26)22(6)10-14(19)24)23(9-12)15(25)8-18(3,4)5/h11-13H,7-10H2,1-6H3,(H2,19,24)(H2,20,21,27). The summed E-state index contributed by atoms with van der Waals surface area (Å²) in [5.41, 5.74) is 4.94. The fourth-order valence-electron chi connectivity index (χ4n) is 3.06. The Labute approximate surface area is 161 Å². The molecule has 1 aliphatic rings. The van der Waals surface area contributed by atoms with Crippen LogP contribution in [-0.2, 0) is 14.4 Å². The number of nitrogens with one attached hydrogen (secondary N) is 2. The molecule has 0 radical (unpaired) electrons. The van der Waals surface area contributed by atoms with E-state index in [9.17, 15) is 19.2 Å². The number of hydrogen-bond acceptors (Lipinski definition) is 4. The zero-order chi connectivity index (χ0) is 20.9. The Balaban J connectivity index is 2.93. The van der Waals surface area contributed by atoms with Crippen LogP contribution in [0.5, 0.6) is 0 Å². The number of primary amides is 1. The maximum Gasteiger partial charge on any atom is 0.315 e. The molecule has 0 aromatic carbocycles. The summed E-state index contributed by atoms with van der Waals surface area (Å²) < 4.78 is 0. The van der Waals surface area contributed by atoms with Gasteiger partial charge in [0.15, 0.2) is 0 Å². The molecule has 0 aromatic heterocycles. The van der Waals surface area contributed by atoms with Gasteiger partial charge in [-0.1, -0.05) is 20.8 Å².